The standard InChI is InChI=1S/C11H12N4/c1-12-11(9-6-13-8-14-7-9)10-4-2-3-5-15-10/h2-8,11-12H,1H3. The number of aromatic nitrogens is 3. The number of nitrogens with one attached hydrogen (secondary N) is 1. The Hall–Kier alpha value is -1.81. The molecule has 0 amide bonds. The number of pyridine rings is 1. The van der Waals surface area contributed by atoms with Gasteiger partial charge in [0.2, 0.25) is 0 Å². The molecule has 4 nitrogen and oxygen atoms in total. The summed E-state index contributed by atoms with van der Waals surface area (Å²) in [4.78, 5) is 12.3. The molecule has 76 valence electrons. The second-order valence-corrected chi connectivity index (χ2v) is 3.15. The van der Waals surface area contributed by atoms with Crippen LogP contribution in [-0.2, 0) is 0 Å². The summed E-state index contributed by atoms with van der Waals surface area (Å²) in [5.41, 5.74) is 1.98. The molecule has 0 aromatic carbocycles. The van der Waals surface area contributed by atoms with E-state index < -0.39 is 0 Å². The Kier molecular flexibility index (Phi) is 2.99. The van der Waals surface area contributed by atoms with Crippen LogP contribution in [0.1, 0.15) is 17.3 Å². The van der Waals surface area contributed by atoms with Gasteiger partial charge in [0.1, 0.15) is 6.33 Å². The summed E-state index contributed by atoms with van der Waals surface area (Å²) in [5.74, 6) is 0. The van der Waals surface area contributed by atoms with Gasteiger partial charge in [-0.3, -0.25) is 4.98 Å². The lowest BCUT2D eigenvalue weighted by Crippen LogP contribution is -2.19. The molecular formula is C11H12N4. The van der Waals surface area contributed by atoms with E-state index in [0.29, 0.717) is 0 Å². The number of hydrogen-bond acceptors (Lipinski definition) is 4. The maximum Gasteiger partial charge on any atom is 0.115 e. The highest BCUT2D eigenvalue weighted by Crippen LogP contribution is 2.17. The number of rotatable bonds is 3. The van der Waals surface area contributed by atoms with Crippen molar-refractivity contribution in [1.29, 1.82) is 0 Å². The van der Waals surface area contributed by atoms with Crippen LogP contribution in [0.2, 0.25) is 0 Å². The van der Waals surface area contributed by atoms with Gasteiger partial charge in [-0.05, 0) is 19.2 Å². The first-order valence-corrected chi connectivity index (χ1v) is 4.75. The van der Waals surface area contributed by atoms with Gasteiger partial charge < -0.3 is 5.32 Å². The Morgan fingerprint density at radius 3 is 2.60 bits per heavy atom. The minimum Gasteiger partial charge on any atom is -0.308 e. The van der Waals surface area contributed by atoms with Crippen molar-refractivity contribution < 1.29 is 0 Å². The summed E-state index contributed by atoms with van der Waals surface area (Å²) < 4.78 is 0. The molecule has 0 spiro atoms. The highest BCUT2D eigenvalue weighted by Gasteiger charge is 2.12. The van der Waals surface area contributed by atoms with E-state index in [0.717, 1.165) is 11.3 Å². The topological polar surface area (TPSA) is 50.7 Å². The predicted molar refractivity (Wildman–Crippen MR) is 57.2 cm³/mol. The van der Waals surface area contributed by atoms with Crippen molar-refractivity contribution in [2.75, 3.05) is 7.05 Å². The fraction of sp³-hybridized carbons (Fsp3) is 0.182. The van der Waals surface area contributed by atoms with Gasteiger partial charge in [-0.1, -0.05) is 6.07 Å². The van der Waals surface area contributed by atoms with Crippen LogP contribution in [0.3, 0.4) is 0 Å². The molecule has 0 bridgehead atoms. The minimum atomic E-state index is 0.0485. The average molecular weight is 200 g/mol. The van der Waals surface area contributed by atoms with Crippen LogP contribution in [0.4, 0.5) is 0 Å². The summed E-state index contributed by atoms with van der Waals surface area (Å²) in [6.45, 7) is 0. The van der Waals surface area contributed by atoms with E-state index in [2.05, 4.69) is 20.3 Å². The zero-order valence-corrected chi connectivity index (χ0v) is 8.46. The summed E-state index contributed by atoms with van der Waals surface area (Å²) in [7, 11) is 1.90. The minimum absolute atomic E-state index is 0.0485. The highest BCUT2D eigenvalue weighted by molar-refractivity contribution is 5.22. The van der Waals surface area contributed by atoms with Crippen LogP contribution < -0.4 is 5.32 Å². The molecule has 0 aliphatic rings. The van der Waals surface area contributed by atoms with Crippen LogP contribution in [0.5, 0.6) is 0 Å². The van der Waals surface area contributed by atoms with E-state index in [9.17, 15) is 0 Å². The van der Waals surface area contributed by atoms with Gasteiger partial charge in [0.15, 0.2) is 0 Å². The quantitative estimate of drug-likeness (QED) is 0.808. The van der Waals surface area contributed by atoms with Gasteiger partial charge in [-0.25, -0.2) is 9.97 Å². The fourth-order valence-corrected chi connectivity index (χ4v) is 1.49. The average Bonchev–Trinajstić information content (AvgIpc) is 2.33. The van der Waals surface area contributed by atoms with Crippen molar-refractivity contribution in [1.82, 2.24) is 20.3 Å². The molecule has 1 atom stereocenters. The van der Waals surface area contributed by atoms with Crippen molar-refractivity contribution in [3.05, 3.63) is 54.4 Å². The molecule has 2 heterocycles. The van der Waals surface area contributed by atoms with Gasteiger partial charge >= 0.3 is 0 Å². The molecule has 2 aromatic heterocycles. The van der Waals surface area contributed by atoms with E-state index in [1.165, 1.54) is 6.33 Å². The van der Waals surface area contributed by atoms with Crippen LogP contribution in [0, 0.1) is 0 Å². The first-order valence-electron chi connectivity index (χ1n) is 4.75. The molecule has 0 saturated heterocycles. The maximum atomic E-state index is 4.31. The van der Waals surface area contributed by atoms with Crippen molar-refractivity contribution in [3.8, 4) is 0 Å². The van der Waals surface area contributed by atoms with Crippen LogP contribution in [-0.4, -0.2) is 22.0 Å². The first-order chi connectivity index (χ1) is 7.42. The van der Waals surface area contributed by atoms with Crippen LogP contribution in [0.15, 0.2) is 43.1 Å². The highest BCUT2D eigenvalue weighted by atomic mass is 14.9. The molecule has 1 unspecified atom stereocenters. The molecule has 0 aliphatic carbocycles. The molecule has 0 aliphatic heterocycles. The molecular weight excluding hydrogens is 188 g/mol. The van der Waals surface area contributed by atoms with Gasteiger partial charge in [0.05, 0.1) is 11.7 Å². The SMILES string of the molecule is CNC(c1cncnc1)c1ccccn1. The van der Waals surface area contributed by atoms with Gasteiger partial charge in [0, 0.05) is 24.2 Å². The first kappa shape index (κ1) is 9.73. The van der Waals surface area contributed by atoms with E-state index in [-0.39, 0.29) is 6.04 Å². The molecule has 4 heteroatoms. The Bertz CT molecular complexity index is 362. The van der Waals surface area contributed by atoms with E-state index in [1.54, 1.807) is 18.6 Å². The molecule has 0 saturated carbocycles. The lowest BCUT2D eigenvalue weighted by atomic mass is 10.1. The Balaban J connectivity index is 2.34. The largest absolute Gasteiger partial charge is 0.308 e. The Morgan fingerprint density at radius 2 is 2.00 bits per heavy atom. The van der Waals surface area contributed by atoms with Gasteiger partial charge in [-0.2, -0.15) is 0 Å². The molecule has 1 N–H and O–H groups in total. The number of hydrogen-bond donors (Lipinski definition) is 1. The molecule has 0 radical (unpaired) electrons. The molecule has 0 fully saturated rings. The second-order valence-electron chi connectivity index (χ2n) is 3.15. The van der Waals surface area contributed by atoms with Gasteiger partial charge in [-0.15, -0.1) is 0 Å². The van der Waals surface area contributed by atoms with Gasteiger partial charge in [0.25, 0.3) is 0 Å². The van der Waals surface area contributed by atoms with Crippen molar-refractivity contribution in [2.45, 2.75) is 6.04 Å². The monoisotopic (exact) mass is 200 g/mol. The predicted octanol–water partition coefficient (Wildman–Crippen LogP) is 1.18. The third kappa shape index (κ3) is 2.16. The zero-order chi connectivity index (χ0) is 10.5. The maximum absolute atomic E-state index is 4.31. The smallest absolute Gasteiger partial charge is 0.115 e. The zero-order valence-electron chi connectivity index (χ0n) is 8.46. The van der Waals surface area contributed by atoms with E-state index in [1.807, 2.05) is 25.2 Å². The van der Waals surface area contributed by atoms with E-state index >= 15 is 0 Å². The van der Waals surface area contributed by atoms with Crippen LogP contribution in [0.25, 0.3) is 0 Å². The summed E-state index contributed by atoms with van der Waals surface area (Å²) >= 11 is 0. The van der Waals surface area contributed by atoms with E-state index in [4.69, 9.17) is 0 Å². The normalized spacial score (nSPS) is 12.3. The fourth-order valence-electron chi connectivity index (χ4n) is 1.49. The molecule has 2 aromatic rings. The molecule has 15 heavy (non-hydrogen) atoms. The van der Waals surface area contributed by atoms with Crippen molar-refractivity contribution in [3.63, 3.8) is 0 Å². The summed E-state index contributed by atoms with van der Waals surface area (Å²) in [6.07, 6.45) is 6.89. The Morgan fingerprint density at radius 1 is 1.20 bits per heavy atom. The van der Waals surface area contributed by atoms with Crippen molar-refractivity contribution >= 4 is 0 Å². The lowest BCUT2D eigenvalue weighted by molar-refractivity contribution is 0.664. The third-order valence-corrected chi connectivity index (χ3v) is 2.19. The Labute approximate surface area is 88.4 Å². The second kappa shape index (κ2) is 4.61. The summed E-state index contributed by atoms with van der Waals surface area (Å²) in [5, 5.41) is 3.19. The third-order valence-electron chi connectivity index (χ3n) is 2.19. The van der Waals surface area contributed by atoms with Crippen molar-refractivity contribution in [2.24, 2.45) is 0 Å². The number of nitrogens with zero attached hydrogens (tertiary/aromatic N) is 3. The van der Waals surface area contributed by atoms with Crippen LogP contribution >= 0.6 is 0 Å². The summed E-state index contributed by atoms with van der Waals surface area (Å²) in [6, 6.07) is 5.90. The lowest BCUT2D eigenvalue weighted by Gasteiger charge is -2.14. The molecule has 2 rings (SSSR count).